The summed E-state index contributed by atoms with van der Waals surface area (Å²) in [5.41, 5.74) is 2.76. The van der Waals surface area contributed by atoms with Gasteiger partial charge in [-0.2, -0.15) is 5.10 Å². The van der Waals surface area contributed by atoms with Crippen LogP contribution in [0.25, 0.3) is 11.1 Å². The third kappa shape index (κ3) is 6.69. The van der Waals surface area contributed by atoms with Crippen LogP contribution in [0.3, 0.4) is 0 Å². The first kappa shape index (κ1) is 25.5. The average Bonchev–Trinajstić information content (AvgIpc) is 3.12. The lowest BCUT2D eigenvalue weighted by atomic mass is 9.99. The molecular formula is C28H37N3O3. The van der Waals surface area contributed by atoms with Gasteiger partial charge in [-0.1, -0.05) is 88.9 Å². The Bertz CT molecular complexity index is 1130. The Hall–Kier alpha value is -3.15. The fourth-order valence-electron chi connectivity index (χ4n) is 4.14. The van der Waals surface area contributed by atoms with Crippen molar-refractivity contribution >= 4 is 5.97 Å². The van der Waals surface area contributed by atoms with Gasteiger partial charge in [0.25, 0.3) is 0 Å². The molecule has 3 rings (SSSR count). The normalized spacial score (nSPS) is 11.3. The minimum atomic E-state index is -0.941. The number of rotatable bonds is 13. The SMILES string of the molecule is CCCCCCCc1nn(CCC(C)C)c(=O)n1Cc1ccc(-c2ccccc2C(=O)O)cc1. The van der Waals surface area contributed by atoms with Gasteiger partial charge in [-0.05, 0) is 41.5 Å². The summed E-state index contributed by atoms with van der Waals surface area (Å²) in [5, 5.41) is 14.2. The summed E-state index contributed by atoms with van der Waals surface area (Å²) in [7, 11) is 0. The quantitative estimate of drug-likeness (QED) is 0.315. The standard InChI is InChI=1S/C28H37N3O3/c1-4-5-6-7-8-13-26-29-31(19-18-21(2)3)28(34)30(26)20-22-14-16-23(17-15-22)24-11-9-10-12-25(24)27(32)33/h9-12,14-17,21H,4-8,13,18-20H2,1-3H3,(H,32,33). The Balaban J connectivity index is 1.81. The van der Waals surface area contributed by atoms with Gasteiger partial charge in [-0.25, -0.2) is 14.3 Å². The van der Waals surface area contributed by atoms with Gasteiger partial charge in [-0.15, -0.1) is 0 Å². The second-order valence-electron chi connectivity index (χ2n) is 9.40. The molecule has 0 fully saturated rings. The summed E-state index contributed by atoms with van der Waals surface area (Å²) in [6.07, 6.45) is 7.58. The van der Waals surface area contributed by atoms with Crippen molar-refractivity contribution < 1.29 is 9.90 Å². The van der Waals surface area contributed by atoms with Gasteiger partial charge in [0.1, 0.15) is 5.82 Å². The molecule has 6 nitrogen and oxygen atoms in total. The molecule has 1 N–H and O–H groups in total. The molecule has 3 aromatic rings. The van der Waals surface area contributed by atoms with E-state index in [0.29, 0.717) is 24.6 Å². The molecular weight excluding hydrogens is 426 g/mol. The van der Waals surface area contributed by atoms with Crippen LogP contribution in [0, 0.1) is 5.92 Å². The van der Waals surface area contributed by atoms with Gasteiger partial charge in [0, 0.05) is 13.0 Å². The molecule has 0 amide bonds. The van der Waals surface area contributed by atoms with Crippen molar-refractivity contribution in [2.24, 2.45) is 5.92 Å². The lowest BCUT2D eigenvalue weighted by Gasteiger charge is -2.09. The van der Waals surface area contributed by atoms with E-state index in [2.05, 4.69) is 20.8 Å². The highest BCUT2D eigenvalue weighted by molar-refractivity contribution is 5.95. The maximum atomic E-state index is 13.1. The second kappa shape index (κ2) is 12.4. The van der Waals surface area contributed by atoms with Gasteiger partial charge in [0.2, 0.25) is 0 Å². The van der Waals surface area contributed by atoms with Crippen LogP contribution >= 0.6 is 0 Å². The van der Waals surface area contributed by atoms with Crippen LogP contribution in [0.5, 0.6) is 0 Å². The molecule has 1 aromatic heterocycles. The fourth-order valence-corrected chi connectivity index (χ4v) is 4.14. The highest BCUT2D eigenvalue weighted by Crippen LogP contribution is 2.24. The predicted octanol–water partition coefficient (Wildman–Crippen LogP) is 6.02. The van der Waals surface area contributed by atoms with E-state index in [1.165, 1.54) is 19.3 Å². The van der Waals surface area contributed by atoms with Crippen LogP contribution in [0.4, 0.5) is 0 Å². The van der Waals surface area contributed by atoms with Gasteiger partial charge >= 0.3 is 11.7 Å². The monoisotopic (exact) mass is 463 g/mol. The molecule has 0 unspecified atom stereocenters. The first-order chi connectivity index (χ1) is 16.4. The number of carboxylic acid groups (broad SMARTS) is 1. The number of aryl methyl sites for hydroxylation is 2. The zero-order valence-corrected chi connectivity index (χ0v) is 20.7. The zero-order chi connectivity index (χ0) is 24.5. The molecule has 182 valence electrons. The van der Waals surface area contributed by atoms with E-state index >= 15 is 0 Å². The lowest BCUT2D eigenvalue weighted by molar-refractivity contribution is 0.0697. The van der Waals surface area contributed by atoms with Crippen LogP contribution in [-0.2, 0) is 19.5 Å². The van der Waals surface area contributed by atoms with Gasteiger partial charge in [0.05, 0.1) is 12.1 Å². The van der Waals surface area contributed by atoms with Crippen LogP contribution in [0.15, 0.2) is 53.3 Å². The number of unbranched alkanes of at least 4 members (excludes halogenated alkanes) is 4. The summed E-state index contributed by atoms with van der Waals surface area (Å²) in [4.78, 5) is 24.7. The molecule has 0 bridgehead atoms. The molecule has 0 radical (unpaired) electrons. The number of hydrogen-bond donors (Lipinski definition) is 1. The van der Waals surface area contributed by atoms with E-state index in [1.54, 1.807) is 21.4 Å². The largest absolute Gasteiger partial charge is 0.478 e. The molecule has 34 heavy (non-hydrogen) atoms. The lowest BCUT2D eigenvalue weighted by Crippen LogP contribution is -2.26. The van der Waals surface area contributed by atoms with Crippen molar-refractivity contribution in [2.75, 3.05) is 0 Å². The zero-order valence-electron chi connectivity index (χ0n) is 20.7. The van der Waals surface area contributed by atoms with Crippen LogP contribution in [0.1, 0.15) is 81.0 Å². The second-order valence-corrected chi connectivity index (χ2v) is 9.40. The Morgan fingerprint density at radius 2 is 1.71 bits per heavy atom. The Morgan fingerprint density at radius 1 is 1.00 bits per heavy atom. The number of aromatic carboxylic acids is 1. The summed E-state index contributed by atoms with van der Waals surface area (Å²) in [6.45, 7) is 7.62. The first-order valence-electron chi connectivity index (χ1n) is 12.5. The van der Waals surface area contributed by atoms with Crippen molar-refractivity contribution in [3.05, 3.63) is 76.0 Å². The molecule has 0 spiro atoms. The molecule has 0 aliphatic carbocycles. The molecule has 6 heteroatoms. The first-order valence-corrected chi connectivity index (χ1v) is 12.5. The predicted molar refractivity (Wildman–Crippen MR) is 136 cm³/mol. The van der Waals surface area contributed by atoms with E-state index in [1.807, 2.05) is 36.4 Å². The van der Waals surface area contributed by atoms with Crippen molar-refractivity contribution in [1.82, 2.24) is 14.3 Å². The maximum absolute atomic E-state index is 13.1. The van der Waals surface area contributed by atoms with Crippen molar-refractivity contribution in [3.63, 3.8) is 0 Å². The van der Waals surface area contributed by atoms with E-state index in [-0.39, 0.29) is 11.3 Å². The summed E-state index contributed by atoms with van der Waals surface area (Å²) in [6, 6.07) is 14.8. The average molecular weight is 464 g/mol. The third-order valence-electron chi connectivity index (χ3n) is 6.18. The van der Waals surface area contributed by atoms with Crippen LogP contribution in [0.2, 0.25) is 0 Å². The highest BCUT2D eigenvalue weighted by Gasteiger charge is 2.15. The number of aromatic nitrogens is 3. The number of carboxylic acids is 1. The molecule has 1 heterocycles. The van der Waals surface area contributed by atoms with E-state index in [9.17, 15) is 14.7 Å². The van der Waals surface area contributed by atoms with Crippen LogP contribution < -0.4 is 5.69 Å². The topological polar surface area (TPSA) is 77.1 Å². The Morgan fingerprint density at radius 3 is 2.38 bits per heavy atom. The third-order valence-corrected chi connectivity index (χ3v) is 6.18. The molecule has 0 saturated carbocycles. The summed E-state index contributed by atoms with van der Waals surface area (Å²) in [5.74, 6) is 0.421. The van der Waals surface area contributed by atoms with E-state index < -0.39 is 5.97 Å². The number of carbonyl (C=O) groups is 1. The number of benzene rings is 2. The van der Waals surface area contributed by atoms with Gasteiger partial charge in [-0.3, -0.25) is 4.57 Å². The van der Waals surface area contributed by atoms with E-state index in [4.69, 9.17) is 5.10 Å². The smallest absolute Gasteiger partial charge is 0.346 e. The maximum Gasteiger partial charge on any atom is 0.346 e. The number of hydrogen-bond acceptors (Lipinski definition) is 3. The fraction of sp³-hybridized carbons (Fsp3) is 0.464. The van der Waals surface area contributed by atoms with Crippen molar-refractivity contribution in [2.45, 2.75) is 78.8 Å². The van der Waals surface area contributed by atoms with Crippen LogP contribution in [-0.4, -0.2) is 25.4 Å². The minimum absolute atomic E-state index is 0.0514. The summed E-state index contributed by atoms with van der Waals surface area (Å²) < 4.78 is 3.43. The van der Waals surface area contributed by atoms with Crippen molar-refractivity contribution in [3.8, 4) is 11.1 Å². The molecule has 0 aliphatic rings. The van der Waals surface area contributed by atoms with Gasteiger partial charge in [0.15, 0.2) is 0 Å². The highest BCUT2D eigenvalue weighted by atomic mass is 16.4. The van der Waals surface area contributed by atoms with Gasteiger partial charge < -0.3 is 5.11 Å². The number of nitrogens with zero attached hydrogens (tertiary/aromatic N) is 3. The van der Waals surface area contributed by atoms with E-state index in [0.717, 1.165) is 42.6 Å². The summed E-state index contributed by atoms with van der Waals surface area (Å²) >= 11 is 0. The molecule has 0 aliphatic heterocycles. The molecule has 0 saturated heterocycles. The Labute approximate surface area is 202 Å². The molecule has 2 aromatic carbocycles. The minimum Gasteiger partial charge on any atom is -0.478 e. The molecule has 0 atom stereocenters. The van der Waals surface area contributed by atoms with Crippen molar-refractivity contribution in [1.29, 1.82) is 0 Å². The Kier molecular flexibility index (Phi) is 9.25.